The van der Waals surface area contributed by atoms with Crippen LogP contribution in [0.15, 0.2) is 18.3 Å². The molecule has 0 saturated carbocycles. The summed E-state index contributed by atoms with van der Waals surface area (Å²) in [5.74, 6) is 2.30. The molecule has 0 aliphatic carbocycles. The summed E-state index contributed by atoms with van der Waals surface area (Å²) in [5, 5.41) is 0.685. The zero-order chi connectivity index (χ0) is 11.5. The summed E-state index contributed by atoms with van der Waals surface area (Å²) < 4.78 is 0. The third kappa shape index (κ3) is 2.47. The van der Waals surface area contributed by atoms with Crippen LogP contribution in [-0.4, -0.2) is 24.6 Å². The largest absolute Gasteiger partial charge is 0.356 e. The maximum atomic E-state index is 5.83. The molecule has 1 fully saturated rings. The van der Waals surface area contributed by atoms with Crippen LogP contribution in [0.3, 0.4) is 0 Å². The molecule has 2 N–H and O–H groups in total. The molecule has 2 rings (SSSR count). The summed E-state index contributed by atoms with van der Waals surface area (Å²) in [4.78, 5) is 6.65. The van der Waals surface area contributed by atoms with E-state index in [1.165, 1.54) is 6.42 Å². The zero-order valence-electron chi connectivity index (χ0n) is 9.56. The highest BCUT2D eigenvalue weighted by molar-refractivity contribution is 6.30. The number of anilines is 1. The minimum atomic E-state index is 0.575. The SMILES string of the molecule is CC1CCN(c2ccc(Cl)cn2)CC1CN. The van der Waals surface area contributed by atoms with Crippen molar-refractivity contribution in [3.8, 4) is 0 Å². The molecule has 1 saturated heterocycles. The van der Waals surface area contributed by atoms with Crippen molar-refractivity contribution in [1.82, 2.24) is 4.98 Å². The second-order valence-electron chi connectivity index (χ2n) is 4.54. The zero-order valence-corrected chi connectivity index (χ0v) is 10.3. The molecule has 0 bridgehead atoms. The van der Waals surface area contributed by atoms with Crippen LogP contribution in [0.25, 0.3) is 0 Å². The Balaban J connectivity index is 2.08. The van der Waals surface area contributed by atoms with Gasteiger partial charge in [0.15, 0.2) is 0 Å². The van der Waals surface area contributed by atoms with E-state index < -0.39 is 0 Å². The first-order valence-electron chi connectivity index (χ1n) is 5.77. The number of nitrogens with two attached hydrogens (primary N) is 1. The van der Waals surface area contributed by atoms with Gasteiger partial charge in [-0.05, 0) is 36.9 Å². The lowest BCUT2D eigenvalue weighted by Crippen LogP contribution is -2.43. The van der Waals surface area contributed by atoms with E-state index in [-0.39, 0.29) is 0 Å². The average molecular weight is 240 g/mol. The highest BCUT2D eigenvalue weighted by atomic mass is 35.5. The Hall–Kier alpha value is -0.800. The molecule has 88 valence electrons. The van der Waals surface area contributed by atoms with E-state index in [1.807, 2.05) is 12.1 Å². The van der Waals surface area contributed by atoms with Crippen molar-refractivity contribution in [1.29, 1.82) is 0 Å². The molecular formula is C12H18ClN3. The van der Waals surface area contributed by atoms with Crippen molar-refractivity contribution in [2.75, 3.05) is 24.5 Å². The van der Waals surface area contributed by atoms with E-state index in [0.717, 1.165) is 25.5 Å². The quantitative estimate of drug-likeness (QED) is 0.860. The predicted octanol–water partition coefficient (Wildman–Crippen LogP) is 2.16. The van der Waals surface area contributed by atoms with Gasteiger partial charge >= 0.3 is 0 Å². The Bertz CT molecular complexity index is 339. The van der Waals surface area contributed by atoms with Crippen LogP contribution in [0, 0.1) is 11.8 Å². The molecule has 2 unspecified atom stereocenters. The van der Waals surface area contributed by atoms with Crippen LogP contribution in [-0.2, 0) is 0 Å². The van der Waals surface area contributed by atoms with Crippen molar-refractivity contribution in [3.05, 3.63) is 23.4 Å². The third-order valence-corrected chi connectivity index (χ3v) is 3.68. The van der Waals surface area contributed by atoms with Gasteiger partial charge in [0.25, 0.3) is 0 Å². The van der Waals surface area contributed by atoms with Crippen LogP contribution in [0.1, 0.15) is 13.3 Å². The van der Waals surface area contributed by atoms with Gasteiger partial charge in [-0.3, -0.25) is 0 Å². The molecule has 0 aromatic carbocycles. The Morgan fingerprint density at radius 2 is 2.38 bits per heavy atom. The van der Waals surface area contributed by atoms with Gasteiger partial charge < -0.3 is 10.6 Å². The molecule has 0 radical (unpaired) electrons. The maximum absolute atomic E-state index is 5.83. The van der Waals surface area contributed by atoms with E-state index >= 15 is 0 Å². The number of piperidine rings is 1. The summed E-state index contributed by atoms with van der Waals surface area (Å²) in [7, 11) is 0. The Morgan fingerprint density at radius 1 is 1.56 bits per heavy atom. The second kappa shape index (κ2) is 5.02. The lowest BCUT2D eigenvalue weighted by atomic mass is 9.87. The van der Waals surface area contributed by atoms with Crippen molar-refractivity contribution >= 4 is 17.4 Å². The van der Waals surface area contributed by atoms with E-state index in [0.29, 0.717) is 16.9 Å². The number of nitrogens with zero attached hydrogens (tertiary/aromatic N) is 2. The molecule has 3 nitrogen and oxygen atoms in total. The van der Waals surface area contributed by atoms with Gasteiger partial charge in [0.1, 0.15) is 5.82 Å². The molecule has 4 heteroatoms. The normalized spacial score (nSPS) is 25.8. The minimum Gasteiger partial charge on any atom is -0.356 e. The number of pyridine rings is 1. The molecule has 1 aliphatic heterocycles. The Labute approximate surface area is 102 Å². The van der Waals surface area contributed by atoms with Crippen LogP contribution >= 0.6 is 11.6 Å². The van der Waals surface area contributed by atoms with Crippen molar-refractivity contribution in [2.45, 2.75) is 13.3 Å². The lowest BCUT2D eigenvalue weighted by molar-refractivity contribution is 0.307. The van der Waals surface area contributed by atoms with E-state index in [2.05, 4.69) is 16.8 Å². The van der Waals surface area contributed by atoms with Gasteiger partial charge in [-0.25, -0.2) is 4.98 Å². The monoisotopic (exact) mass is 239 g/mol. The van der Waals surface area contributed by atoms with Gasteiger partial charge in [0, 0.05) is 19.3 Å². The van der Waals surface area contributed by atoms with Crippen LogP contribution in [0.5, 0.6) is 0 Å². The molecule has 0 amide bonds. The summed E-state index contributed by atoms with van der Waals surface area (Å²) in [6, 6.07) is 3.87. The second-order valence-corrected chi connectivity index (χ2v) is 4.98. The molecule has 2 atom stereocenters. The summed E-state index contributed by atoms with van der Waals surface area (Å²) in [6.45, 7) is 5.11. The predicted molar refractivity (Wildman–Crippen MR) is 67.8 cm³/mol. The fourth-order valence-electron chi connectivity index (χ4n) is 2.22. The highest BCUT2D eigenvalue weighted by Gasteiger charge is 2.25. The Kier molecular flexibility index (Phi) is 3.66. The first-order chi connectivity index (χ1) is 7.70. The van der Waals surface area contributed by atoms with Gasteiger partial charge in [0.2, 0.25) is 0 Å². The summed E-state index contributed by atoms with van der Waals surface area (Å²) in [6.07, 6.45) is 2.89. The van der Waals surface area contributed by atoms with Crippen molar-refractivity contribution in [3.63, 3.8) is 0 Å². The van der Waals surface area contributed by atoms with Crippen LogP contribution in [0.4, 0.5) is 5.82 Å². The lowest BCUT2D eigenvalue weighted by Gasteiger charge is -2.37. The number of hydrogen-bond acceptors (Lipinski definition) is 3. The van der Waals surface area contributed by atoms with E-state index in [9.17, 15) is 0 Å². The number of hydrogen-bond donors (Lipinski definition) is 1. The van der Waals surface area contributed by atoms with E-state index in [4.69, 9.17) is 17.3 Å². The molecule has 1 aromatic heterocycles. The molecule has 0 spiro atoms. The number of rotatable bonds is 2. The van der Waals surface area contributed by atoms with Gasteiger partial charge in [-0.1, -0.05) is 18.5 Å². The summed E-state index contributed by atoms with van der Waals surface area (Å²) in [5.41, 5.74) is 5.79. The van der Waals surface area contributed by atoms with Gasteiger partial charge in [0.05, 0.1) is 5.02 Å². The Morgan fingerprint density at radius 3 is 3.00 bits per heavy atom. The van der Waals surface area contributed by atoms with Crippen LogP contribution in [0.2, 0.25) is 5.02 Å². The standard InChI is InChI=1S/C12H18ClN3/c1-9-4-5-16(8-10(9)6-14)12-3-2-11(13)7-15-12/h2-3,7,9-10H,4-6,8,14H2,1H3. The third-order valence-electron chi connectivity index (χ3n) is 3.45. The number of halogens is 1. The molecule has 1 aliphatic rings. The van der Waals surface area contributed by atoms with Crippen LogP contribution < -0.4 is 10.6 Å². The minimum absolute atomic E-state index is 0.575. The fraction of sp³-hybridized carbons (Fsp3) is 0.583. The number of aromatic nitrogens is 1. The molecular weight excluding hydrogens is 222 g/mol. The van der Waals surface area contributed by atoms with Gasteiger partial charge in [-0.2, -0.15) is 0 Å². The summed E-state index contributed by atoms with van der Waals surface area (Å²) >= 11 is 5.83. The topological polar surface area (TPSA) is 42.2 Å². The van der Waals surface area contributed by atoms with Crippen molar-refractivity contribution < 1.29 is 0 Å². The first-order valence-corrected chi connectivity index (χ1v) is 6.15. The highest BCUT2D eigenvalue weighted by Crippen LogP contribution is 2.25. The molecule has 1 aromatic rings. The fourth-order valence-corrected chi connectivity index (χ4v) is 2.33. The average Bonchev–Trinajstić information content (AvgIpc) is 2.31. The molecule has 16 heavy (non-hydrogen) atoms. The first kappa shape index (κ1) is 11.7. The van der Waals surface area contributed by atoms with Gasteiger partial charge in [-0.15, -0.1) is 0 Å². The maximum Gasteiger partial charge on any atom is 0.128 e. The van der Waals surface area contributed by atoms with Crippen molar-refractivity contribution in [2.24, 2.45) is 17.6 Å². The smallest absolute Gasteiger partial charge is 0.128 e. The molecule has 2 heterocycles. The van der Waals surface area contributed by atoms with E-state index in [1.54, 1.807) is 6.20 Å².